The Labute approximate surface area is 133 Å². The molecule has 0 aliphatic rings. The van der Waals surface area contributed by atoms with E-state index in [1.165, 1.54) is 12.1 Å². The van der Waals surface area contributed by atoms with E-state index in [0.29, 0.717) is 11.3 Å². The minimum atomic E-state index is -4.31. The van der Waals surface area contributed by atoms with Gasteiger partial charge in [0.25, 0.3) is 0 Å². The molecule has 0 aliphatic heterocycles. The molecule has 0 amide bonds. The van der Waals surface area contributed by atoms with E-state index >= 15 is 0 Å². The van der Waals surface area contributed by atoms with Crippen molar-refractivity contribution in [2.24, 2.45) is 5.73 Å². The first-order valence-electron chi connectivity index (χ1n) is 6.17. The van der Waals surface area contributed by atoms with Crippen LogP contribution in [0.5, 0.6) is 0 Å². The molecule has 2 aromatic rings. The summed E-state index contributed by atoms with van der Waals surface area (Å²) in [5.74, 6) is 0.599. The van der Waals surface area contributed by atoms with Crippen LogP contribution in [0.15, 0.2) is 57.9 Å². The number of halogens is 4. The van der Waals surface area contributed by atoms with E-state index in [9.17, 15) is 13.2 Å². The van der Waals surface area contributed by atoms with Gasteiger partial charge in [0.05, 0.1) is 5.56 Å². The number of rotatable bonds is 4. The Balaban J connectivity index is 1.99. The predicted octanol–water partition coefficient (Wildman–Crippen LogP) is 5.26. The van der Waals surface area contributed by atoms with Gasteiger partial charge < -0.3 is 5.73 Å². The number of thioether (sulfide) groups is 1. The molecule has 0 saturated heterocycles. The van der Waals surface area contributed by atoms with E-state index in [4.69, 9.17) is 5.73 Å². The lowest BCUT2D eigenvalue weighted by Crippen LogP contribution is -2.13. The normalized spacial score (nSPS) is 13.2. The molecular weight excluding hydrogens is 363 g/mol. The summed E-state index contributed by atoms with van der Waals surface area (Å²) < 4.78 is 38.4. The summed E-state index contributed by atoms with van der Waals surface area (Å²) >= 11 is 4.96. The Hall–Kier alpha value is -0.980. The Morgan fingerprint density at radius 2 is 1.76 bits per heavy atom. The highest BCUT2D eigenvalue weighted by Crippen LogP contribution is 2.31. The average molecular weight is 376 g/mol. The van der Waals surface area contributed by atoms with Crippen molar-refractivity contribution >= 4 is 27.7 Å². The number of alkyl halides is 3. The summed E-state index contributed by atoms with van der Waals surface area (Å²) in [5.41, 5.74) is 6.07. The summed E-state index contributed by atoms with van der Waals surface area (Å²) in [6.45, 7) is 0. The Morgan fingerprint density at radius 1 is 1.10 bits per heavy atom. The molecule has 112 valence electrons. The molecule has 2 rings (SSSR count). The summed E-state index contributed by atoms with van der Waals surface area (Å²) in [7, 11) is 0. The van der Waals surface area contributed by atoms with Gasteiger partial charge >= 0.3 is 6.18 Å². The molecule has 2 N–H and O–H groups in total. The van der Waals surface area contributed by atoms with E-state index in [1.807, 2.05) is 24.3 Å². The maximum atomic E-state index is 12.5. The van der Waals surface area contributed by atoms with Gasteiger partial charge in [-0.2, -0.15) is 13.2 Å². The minimum Gasteiger partial charge on any atom is -0.323 e. The van der Waals surface area contributed by atoms with Crippen LogP contribution in [-0.2, 0) is 6.18 Å². The first-order valence-corrected chi connectivity index (χ1v) is 7.95. The smallest absolute Gasteiger partial charge is 0.323 e. The molecule has 0 saturated carbocycles. The predicted molar refractivity (Wildman–Crippen MR) is 83.2 cm³/mol. The third-order valence-electron chi connectivity index (χ3n) is 2.89. The van der Waals surface area contributed by atoms with Gasteiger partial charge in [-0.15, -0.1) is 11.8 Å². The molecule has 1 nitrogen and oxygen atoms in total. The van der Waals surface area contributed by atoms with Crippen LogP contribution in [-0.4, -0.2) is 5.75 Å². The Bertz CT molecular complexity index is 599. The fourth-order valence-corrected chi connectivity index (χ4v) is 3.26. The fourth-order valence-electron chi connectivity index (χ4n) is 1.76. The van der Waals surface area contributed by atoms with Gasteiger partial charge in [-0.1, -0.05) is 34.1 Å². The average Bonchev–Trinajstić information content (AvgIpc) is 2.44. The third kappa shape index (κ3) is 4.76. The molecular formula is C15H13BrF3NS. The molecule has 1 unspecified atom stereocenters. The molecule has 0 heterocycles. The van der Waals surface area contributed by atoms with Crippen LogP contribution in [0.4, 0.5) is 13.2 Å². The second kappa shape index (κ2) is 6.85. The topological polar surface area (TPSA) is 26.0 Å². The van der Waals surface area contributed by atoms with Crippen molar-refractivity contribution in [1.29, 1.82) is 0 Å². The summed E-state index contributed by atoms with van der Waals surface area (Å²) in [4.78, 5) is 1.06. The second-order valence-electron chi connectivity index (χ2n) is 4.49. The quantitative estimate of drug-likeness (QED) is 0.737. The van der Waals surface area contributed by atoms with Crippen molar-refractivity contribution in [2.75, 3.05) is 5.75 Å². The van der Waals surface area contributed by atoms with Crippen LogP contribution in [0.1, 0.15) is 17.2 Å². The highest BCUT2D eigenvalue weighted by molar-refractivity contribution is 9.10. The van der Waals surface area contributed by atoms with Crippen LogP contribution in [0.3, 0.4) is 0 Å². The first kappa shape index (κ1) is 16.4. The van der Waals surface area contributed by atoms with Crippen molar-refractivity contribution in [2.45, 2.75) is 17.1 Å². The molecule has 0 fully saturated rings. The van der Waals surface area contributed by atoms with Crippen LogP contribution in [0, 0.1) is 0 Å². The van der Waals surface area contributed by atoms with Gasteiger partial charge in [0.2, 0.25) is 0 Å². The van der Waals surface area contributed by atoms with Crippen molar-refractivity contribution in [3.05, 3.63) is 64.1 Å². The van der Waals surface area contributed by atoms with Crippen LogP contribution in [0.2, 0.25) is 0 Å². The van der Waals surface area contributed by atoms with Crippen LogP contribution >= 0.6 is 27.7 Å². The lowest BCUT2D eigenvalue weighted by Gasteiger charge is -2.13. The minimum absolute atomic E-state index is 0.309. The Kier molecular flexibility index (Phi) is 5.35. The summed E-state index contributed by atoms with van der Waals surface area (Å²) in [6, 6.07) is 12.5. The van der Waals surface area contributed by atoms with E-state index < -0.39 is 11.7 Å². The monoisotopic (exact) mass is 375 g/mol. The maximum absolute atomic E-state index is 12.5. The molecule has 0 bridgehead atoms. The standard InChI is InChI=1S/C15H13BrF3NS/c16-12-2-1-3-13(8-12)21-9-14(20)10-4-6-11(7-5-10)15(17,18)19/h1-8,14H,9,20H2. The maximum Gasteiger partial charge on any atom is 0.416 e. The molecule has 1 atom stereocenters. The number of hydrogen-bond donors (Lipinski definition) is 1. The molecule has 2 aromatic carbocycles. The van der Waals surface area contributed by atoms with Crippen LogP contribution in [0.25, 0.3) is 0 Å². The molecule has 0 aliphatic carbocycles. The highest BCUT2D eigenvalue weighted by atomic mass is 79.9. The number of benzene rings is 2. The Morgan fingerprint density at radius 3 is 2.33 bits per heavy atom. The highest BCUT2D eigenvalue weighted by Gasteiger charge is 2.30. The largest absolute Gasteiger partial charge is 0.416 e. The van der Waals surface area contributed by atoms with E-state index in [-0.39, 0.29) is 6.04 Å². The molecule has 0 aromatic heterocycles. The first-order chi connectivity index (χ1) is 9.86. The third-order valence-corrected chi connectivity index (χ3v) is 4.50. The lowest BCUT2D eigenvalue weighted by atomic mass is 10.1. The van der Waals surface area contributed by atoms with E-state index in [2.05, 4.69) is 15.9 Å². The van der Waals surface area contributed by atoms with Crippen molar-refractivity contribution < 1.29 is 13.2 Å². The van der Waals surface area contributed by atoms with Crippen molar-refractivity contribution in [3.8, 4) is 0 Å². The van der Waals surface area contributed by atoms with Gasteiger partial charge in [0.15, 0.2) is 0 Å². The van der Waals surface area contributed by atoms with Gasteiger partial charge in [0, 0.05) is 21.2 Å². The fraction of sp³-hybridized carbons (Fsp3) is 0.200. The lowest BCUT2D eigenvalue weighted by molar-refractivity contribution is -0.137. The van der Waals surface area contributed by atoms with Gasteiger partial charge in [-0.25, -0.2) is 0 Å². The molecule has 6 heteroatoms. The van der Waals surface area contributed by atoms with Crippen molar-refractivity contribution in [1.82, 2.24) is 0 Å². The molecule has 0 spiro atoms. The summed E-state index contributed by atoms with van der Waals surface area (Å²) in [5, 5.41) is 0. The molecule has 21 heavy (non-hydrogen) atoms. The SMILES string of the molecule is NC(CSc1cccc(Br)c1)c1ccc(C(F)(F)F)cc1. The van der Waals surface area contributed by atoms with Gasteiger partial charge in [-0.05, 0) is 35.9 Å². The zero-order chi connectivity index (χ0) is 15.5. The molecule has 0 radical (unpaired) electrons. The second-order valence-corrected chi connectivity index (χ2v) is 6.50. The van der Waals surface area contributed by atoms with E-state index in [0.717, 1.165) is 21.5 Å². The number of hydrogen-bond acceptors (Lipinski definition) is 2. The van der Waals surface area contributed by atoms with Gasteiger partial charge in [0.1, 0.15) is 0 Å². The zero-order valence-corrected chi connectivity index (χ0v) is 13.3. The van der Waals surface area contributed by atoms with Crippen LogP contribution < -0.4 is 5.73 Å². The van der Waals surface area contributed by atoms with Gasteiger partial charge in [-0.3, -0.25) is 0 Å². The number of nitrogens with two attached hydrogens (primary N) is 1. The summed E-state index contributed by atoms with van der Waals surface area (Å²) in [6.07, 6.45) is -4.31. The van der Waals surface area contributed by atoms with Crippen molar-refractivity contribution in [3.63, 3.8) is 0 Å². The zero-order valence-electron chi connectivity index (χ0n) is 10.9. The van der Waals surface area contributed by atoms with E-state index in [1.54, 1.807) is 11.8 Å².